The molecule has 4 heteroatoms. The van der Waals surface area contributed by atoms with E-state index in [-0.39, 0.29) is 5.82 Å². The van der Waals surface area contributed by atoms with Crippen LogP contribution in [0.25, 0.3) is 0 Å². The predicted molar refractivity (Wildman–Crippen MR) is 74.0 cm³/mol. The second-order valence-corrected chi connectivity index (χ2v) is 5.58. The van der Waals surface area contributed by atoms with Gasteiger partial charge in [-0.25, -0.2) is 4.39 Å². The van der Waals surface area contributed by atoms with Crippen molar-refractivity contribution in [2.75, 3.05) is 19.7 Å². The molecule has 0 spiro atoms. The van der Waals surface area contributed by atoms with Gasteiger partial charge in [0.1, 0.15) is 5.82 Å². The normalized spacial score (nSPS) is 21.8. The Morgan fingerprint density at radius 2 is 2.33 bits per heavy atom. The lowest BCUT2D eigenvalue weighted by molar-refractivity contribution is 0.0510. The molecule has 0 radical (unpaired) electrons. The van der Waals surface area contributed by atoms with Gasteiger partial charge < -0.3 is 4.74 Å². The fourth-order valence-electron chi connectivity index (χ4n) is 2.25. The molecule has 0 aromatic heterocycles. The van der Waals surface area contributed by atoms with Gasteiger partial charge in [0.05, 0.1) is 6.10 Å². The Bertz CT molecular complexity index is 399. The monoisotopic (exact) mass is 315 g/mol. The van der Waals surface area contributed by atoms with E-state index in [2.05, 4.69) is 27.8 Å². The molecule has 1 aromatic carbocycles. The number of nitrogens with zero attached hydrogens (tertiary/aromatic N) is 1. The molecule has 1 heterocycles. The van der Waals surface area contributed by atoms with Gasteiger partial charge in [0.15, 0.2) is 0 Å². The standard InChI is InChI=1S/C14H19BrFNO/c1-2-13-10-17(6-3-7-18-13)9-11-4-5-12(16)8-14(11)15/h4-5,8,13H,2-3,6-7,9-10H2,1H3. The summed E-state index contributed by atoms with van der Waals surface area (Å²) in [6.45, 7) is 5.85. The first-order chi connectivity index (χ1) is 8.69. The maximum Gasteiger partial charge on any atom is 0.124 e. The summed E-state index contributed by atoms with van der Waals surface area (Å²) in [7, 11) is 0. The molecule has 2 rings (SSSR count). The third-order valence-corrected chi connectivity index (χ3v) is 4.04. The minimum Gasteiger partial charge on any atom is -0.377 e. The summed E-state index contributed by atoms with van der Waals surface area (Å²) in [5, 5.41) is 0. The van der Waals surface area contributed by atoms with Crippen molar-refractivity contribution in [1.29, 1.82) is 0 Å². The summed E-state index contributed by atoms with van der Waals surface area (Å²) in [5.41, 5.74) is 1.13. The summed E-state index contributed by atoms with van der Waals surface area (Å²) in [4.78, 5) is 2.39. The Hall–Kier alpha value is -0.450. The van der Waals surface area contributed by atoms with E-state index in [0.29, 0.717) is 6.10 Å². The molecule has 1 unspecified atom stereocenters. The van der Waals surface area contributed by atoms with Crippen molar-refractivity contribution < 1.29 is 9.13 Å². The highest BCUT2D eigenvalue weighted by atomic mass is 79.9. The quantitative estimate of drug-likeness (QED) is 0.845. The van der Waals surface area contributed by atoms with Crippen LogP contribution >= 0.6 is 15.9 Å². The van der Waals surface area contributed by atoms with Crippen LogP contribution in [0.3, 0.4) is 0 Å². The van der Waals surface area contributed by atoms with Gasteiger partial charge in [0.25, 0.3) is 0 Å². The Balaban J connectivity index is 2.02. The second kappa shape index (κ2) is 6.64. The summed E-state index contributed by atoms with van der Waals surface area (Å²) >= 11 is 3.43. The molecule has 1 saturated heterocycles. The first-order valence-corrected chi connectivity index (χ1v) is 7.26. The molecule has 1 atom stereocenters. The van der Waals surface area contributed by atoms with Crippen LogP contribution in [0.4, 0.5) is 4.39 Å². The van der Waals surface area contributed by atoms with Crippen LogP contribution in [0.15, 0.2) is 22.7 Å². The van der Waals surface area contributed by atoms with E-state index < -0.39 is 0 Å². The molecule has 1 aliphatic heterocycles. The van der Waals surface area contributed by atoms with Gasteiger partial charge in [0.2, 0.25) is 0 Å². The maximum absolute atomic E-state index is 13.0. The summed E-state index contributed by atoms with van der Waals surface area (Å²) < 4.78 is 19.6. The highest BCUT2D eigenvalue weighted by Crippen LogP contribution is 2.21. The largest absolute Gasteiger partial charge is 0.377 e. The lowest BCUT2D eigenvalue weighted by Crippen LogP contribution is -2.31. The van der Waals surface area contributed by atoms with Crippen LogP contribution in [0.1, 0.15) is 25.3 Å². The Morgan fingerprint density at radius 3 is 3.06 bits per heavy atom. The fraction of sp³-hybridized carbons (Fsp3) is 0.571. The van der Waals surface area contributed by atoms with E-state index in [1.807, 2.05) is 6.07 Å². The van der Waals surface area contributed by atoms with Crippen LogP contribution in [0.2, 0.25) is 0 Å². The van der Waals surface area contributed by atoms with Crippen molar-refractivity contribution in [3.8, 4) is 0 Å². The molecular weight excluding hydrogens is 297 g/mol. The van der Waals surface area contributed by atoms with E-state index in [9.17, 15) is 4.39 Å². The molecular formula is C14H19BrFNO. The summed E-state index contributed by atoms with van der Waals surface area (Å²) in [5.74, 6) is -0.198. The lowest BCUT2D eigenvalue weighted by Gasteiger charge is -2.23. The molecule has 0 amide bonds. The Labute approximate surface area is 116 Å². The summed E-state index contributed by atoms with van der Waals surface area (Å²) in [6.07, 6.45) is 2.43. The number of halogens is 2. The van der Waals surface area contributed by atoms with Gasteiger partial charge in [0, 0.05) is 30.7 Å². The third-order valence-electron chi connectivity index (χ3n) is 3.30. The smallest absolute Gasteiger partial charge is 0.124 e. The topological polar surface area (TPSA) is 12.5 Å². The highest BCUT2D eigenvalue weighted by Gasteiger charge is 2.18. The van der Waals surface area contributed by atoms with Gasteiger partial charge in [-0.05, 0) is 30.5 Å². The first-order valence-electron chi connectivity index (χ1n) is 6.47. The first kappa shape index (κ1) is 14.0. The van der Waals surface area contributed by atoms with Crippen LogP contribution < -0.4 is 0 Å². The number of hydrogen-bond donors (Lipinski definition) is 0. The SMILES string of the molecule is CCC1CN(Cc2ccc(F)cc2Br)CCCO1. The predicted octanol–water partition coefficient (Wildman–Crippen LogP) is 3.59. The minimum absolute atomic E-state index is 0.198. The molecule has 1 aromatic rings. The molecule has 18 heavy (non-hydrogen) atoms. The Kier molecular flexibility index (Phi) is 5.15. The van der Waals surface area contributed by atoms with Crippen molar-refractivity contribution in [3.05, 3.63) is 34.1 Å². The fourth-order valence-corrected chi connectivity index (χ4v) is 2.73. The van der Waals surface area contributed by atoms with E-state index >= 15 is 0 Å². The van der Waals surface area contributed by atoms with Gasteiger partial charge in [-0.2, -0.15) is 0 Å². The van der Waals surface area contributed by atoms with Gasteiger partial charge in [-0.3, -0.25) is 4.90 Å². The molecule has 1 fully saturated rings. The van der Waals surface area contributed by atoms with Crippen LogP contribution in [-0.2, 0) is 11.3 Å². The zero-order valence-electron chi connectivity index (χ0n) is 10.7. The van der Waals surface area contributed by atoms with E-state index in [0.717, 1.165) is 49.1 Å². The zero-order valence-corrected chi connectivity index (χ0v) is 12.2. The minimum atomic E-state index is -0.198. The molecule has 100 valence electrons. The van der Waals surface area contributed by atoms with Gasteiger partial charge in [-0.1, -0.05) is 28.9 Å². The van der Waals surface area contributed by atoms with E-state index in [1.165, 1.54) is 12.1 Å². The van der Waals surface area contributed by atoms with Crippen molar-refractivity contribution >= 4 is 15.9 Å². The average Bonchev–Trinajstić information content (AvgIpc) is 2.58. The lowest BCUT2D eigenvalue weighted by atomic mass is 10.2. The zero-order chi connectivity index (χ0) is 13.0. The average molecular weight is 316 g/mol. The van der Waals surface area contributed by atoms with Gasteiger partial charge in [-0.15, -0.1) is 0 Å². The van der Waals surface area contributed by atoms with Crippen molar-refractivity contribution in [2.45, 2.75) is 32.4 Å². The van der Waals surface area contributed by atoms with Crippen molar-refractivity contribution in [3.63, 3.8) is 0 Å². The number of ether oxygens (including phenoxy) is 1. The van der Waals surface area contributed by atoms with E-state index in [1.54, 1.807) is 0 Å². The molecule has 0 bridgehead atoms. The van der Waals surface area contributed by atoms with E-state index in [4.69, 9.17) is 4.74 Å². The second-order valence-electron chi connectivity index (χ2n) is 4.73. The van der Waals surface area contributed by atoms with Crippen molar-refractivity contribution in [1.82, 2.24) is 4.90 Å². The maximum atomic E-state index is 13.0. The van der Waals surface area contributed by atoms with Crippen LogP contribution in [-0.4, -0.2) is 30.7 Å². The molecule has 0 saturated carbocycles. The van der Waals surface area contributed by atoms with Gasteiger partial charge >= 0.3 is 0 Å². The molecule has 0 aliphatic carbocycles. The van der Waals surface area contributed by atoms with Crippen molar-refractivity contribution in [2.24, 2.45) is 0 Å². The molecule has 0 N–H and O–H groups in total. The number of rotatable bonds is 3. The molecule has 1 aliphatic rings. The number of benzene rings is 1. The Morgan fingerprint density at radius 1 is 1.50 bits per heavy atom. The summed E-state index contributed by atoms with van der Waals surface area (Å²) in [6, 6.07) is 4.90. The van der Waals surface area contributed by atoms with Crippen LogP contribution in [0, 0.1) is 5.82 Å². The molecule has 2 nitrogen and oxygen atoms in total. The highest BCUT2D eigenvalue weighted by molar-refractivity contribution is 9.10. The third kappa shape index (κ3) is 3.77. The number of hydrogen-bond acceptors (Lipinski definition) is 2. The van der Waals surface area contributed by atoms with Crippen LogP contribution in [0.5, 0.6) is 0 Å².